The molecule has 0 saturated carbocycles. The Morgan fingerprint density at radius 3 is 2.70 bits per heavy atom. The second-order valence-electron chi connectivity index (χ2n) is 4.70. The monoisotopic (exact) mass is 313 g/mol. The highest BCUT2D eigenvalue weighted by molar-refractivity contribution is 5.96. The molecule has 0 aliphatic rings. The zero-order chi connectivity index (χ0) is 16.7. The highest BCUT2D eigenvalue weighted by atomic mass is 16.6. The van der Waals surface area contributed by atoms with Crippen LogP contribution >= 0.6 is 0 Å². The summed E-state index contributed by atoms with van der Waals surface area (Å²) in [6.07, 6.45) is 0.176. The van der Waals surface area contributed by atoms with Gasteiger partial charge in [-0.2, -0.15) is 5.26 Å². The third-order valence-electron chi connectivity index (χ3n) is 2.97. The van der Waals surface area contributed by atoms with Crippen LogP contribution in [0.2, 0.25) is 0 Å². The quantitative estimate of drug-likeness (QED) is 0.758. The lowest BCUT2D eigenvalue weighted by Gasteiger charge is -2.21. The number of amides is 1. The second kappa shape index (κ2) is 7.75. The maximum atomic E-state index is 12.3. The van der Waals surface area contributed by atoms with Crippen molar-refractivity contribution in [1.29, 1.82) is 5.26 Å². The molecule has 7 heteroatoms. The number of ether oxygens (including phenoxy) is 1. The van der Waals surface area contributed by atoms with Gasteiger partial charge in [0.1, 0.15) is 0 Å². The van der Waals surface area contributed by atoms with E-state index in [1.165, 1.54) is 11.0 Å². The van der Waals surface area contributed by atoms with E-state index in [0.29, 0.717) is 11.4 Å². The van der Waals surface area contributed by atoms with Gasteiger partial charge in [0, 0.05) is 18.3 Å². The SMILES string of the molecule is Cc1cc(C(=O)OCC(=O)N(CCC#N)c2ccccc2)on1. The van der Waals surface area contributed by atoms with E-state index in [1.807, 2.05) is 12.1 Å². The highest BCUT2D eigenvalue weighted by Crippen LogP contribution is 2.14. The number of esters is 1. The Bertz CT molecular complexity index is 718. The molecule has 23 heavy (non-hydrogen) atoms. The van der Waals surface area contributed by atoms with E-state index in [0.717, 1.165) is 0 Å². The van der Waals surface area contributed by atoms with Crippen LogP contribution in [-0.4, -0.2) is 30.2 Å². The molecule has 0 aliphatic heterocycles. The minimum Gasteiger partial charge on any atom is -0.450 e. The molecule has 0 bridgehead atoms. The summed E-state index contributed by atoms with van der Waals surface area (Å²) < 4.78 is 9.71. The average molecular weight is 313 g/mol. The Morgan fingerprint density at radius 2 is 2.09 bits per heavy atom. The van der Waals surface area contributed by atoms with Gasteiger partial charge >= 0.3 is 5.97 Å². The number of anilines is 1. The number of hydrogen-bond acceptors (Lipinski definition) is 6. The lowest BCUT2D eigenvalue weighted by atomic mass is 10.2. The van der Waals surface area contributed by atoms with Crippen LogP contribution in [0, 0.1) is 18.3 Å². The molecule has 0 N–H and O–H groups in total. The number of para-hydroxylation sites is 1. The van der Waals surface area contributed by atoms with E-state index < -0.39 is 18.5 Å². The van der Waals surface area contributed by atoms with Crippen molar-refractivity contribution in [1.82, 2.24) is 5.16 Å². The van der Waals surface area contributed by atoms with E-state index in [-0.39, 0.29) is 18.7 Å². The molecule has 1 aromatic carbocycles. The van der Waals surface area contributed by atoms with Gasteiger partial charge in [-0.25, -0.2) is 4.79 Å². The first kappa shape index (κ1) is 16.2. The Morgan fingerprint density at radius 1 is 1.35 bits per heavy atom. The van der Waals surface area contributed by atoms with Gasteiger partial charge in [0.15, 0.2) is 6.61 Å². The maximum absolute atomic E-state index is 12.3. The van der Waals surface area contributed by atoms with Crippen LogP contribution < -0.4 is 4.90 Å². The average Bonchev–Trinajstić information content (AvgIpc) is 3.00. The molecule has 7 nitrogen and oxygen atoms in total. The van der Waals surface area contributed by atoms with Crippen molar-refractivity contribution in [2.24, 2.45) is 0 Å². The summed E-state index contributed by atoms with van der Waals surface area (Å²) in [6, 6.07) is 12.3. The minimum absolute atomic E-state index is 0.0569. The fourth-order valence-electron chi connectivity index (χ4n) is 1.90. The predicted octanol–water partition coefficient (Wildman–Crippen LogP) is 2.09. The number of hydrogen-bond donors (Lipinski definition) is 0. The molecule has 0 atom stereocenters. The normalized spacial score (nSPS) is 9.91. The van der Waals surface area contributed by atoms with Crippen LogP contribution in [0.25, 0.3) is 0 Å². The summed E-state index contributed by atoms with van der Waals surface area (Å²) in [6.45, 7) is 1.45. The van der Waals surface area contributed by atoms with E-state index in [4.69, 9.17) is 14.5 Å². The third kappa shape index (κ3) is 4.41. The summed E-state index contributed by atoms with van der Waals surface area (Å²) in [7, 11) is 0. The number of nitrogens with zero attached hydrogens (tertiary/aromatic N) is 3. The summed E-state index contributed by atoms with van der Waals surface area (Å²) in [5.41, 5.74) is 1.18. The van der Waals surface area contributed by atoms with E-state index >= 15 is 0 Å². The molecular formula is C16H15N3O4. The van der Waals surface area contributed by atoms with Crippen molar-refractivity contribution in [3.05, 3.63) is 47.9 Å². The number of benzene rings is 1. The van der Waals surface area contributed by atoms with Gasteiger partial charge in [-0.3, -0.25) is 4.79 Å². The number of nitriles is 1. The van der Waals surface area contributed by atoms with Gasteiger partial charge < -0.3 is 14.2 Å². The van der Waals surface area contributed by atoms with Crippen molar-refractivity contribution in [3.8, 4) is 6.07 Å². The zero-order valence-electron chi connectivity index (χ0n) is 12.6. The molecule has 0 radical (unpaired) electrons. The van der Waals surface area contributed by atoms with Crippen molar-refractivity contribution >= 4 is 17.6 Å². The molecule has 1 heterocycles. The minimum atomic E-state index is -0.757. The number of carbonyl (C=O) groups excluding carboxylic acids is 2. The fraction of sp³-hybridized carbons (Fsp3) is 0.250. The highest BCUT2D eigenvalue weighted by Gasteiger charge is 2.19. The molecule has 2 aromatic rings. The Labute approximate surface area is 133 Å². The number of rotatable bonds is 6. The first-order chi connectivity index (χ1) is 11.1. The zero-order valence-corrected chi connectivity index (χ0v) is 12.6. The smallest absolute Gasteiger partial charge is 0.377 e. The van der Waals surface area contributed by atoms with Crippen LogP contribution in [0.15, 0.2) is 40.9 Å². The Balaban J connectivity index is 2.00. The molecule has 1 amide bonds. The van der Waals surface area contributed by atoms with E-state index in [1.54, 1.807) is 31.2 Å². The third-order valence-corrected chi connectivity index (χ3v) is 2.97. The molecule has 0 fully saturated rings. The first-order valence-corrected chi connectivity index (χ1v) is 6.94. The Hall–Kier alpha value is -3.14. The van der Waals surface area contributed by atoms with Gasteiger partial charge in [0.25, 0.3) is 5.91 Å². The van der Waals surface area contributed by atoms with Crippen LogP contribution in [0.5, 0.6) is 0 Å². The van der Waals surface area contributed by atoms with Crippen molar-refractivity contribution in [3.63, 3.8) is 0 Å². The van der Waals surface area contributed by atoms with Gasteiger partial charge in [0.05, 0.1) is 18.2 Å². The summed E-state index contributed by atoms with van der Waals surface area (Å²) >= 11 is 0. The largest absolute Gasteiger partial charge is 0.450 e. The van der Waals surface area contributed by atoms with E-state index in [2.05, 4.69) is 5.16 Å². The lowest BCUT2D eigenvalue weighted by molar-refractivity contribution is -0.121. The maximum Gasteiger partial charge on any atom is 0.377 e. The van der Waals surface area contributed by atoms with Crippen LogP contribution in [0.4, 0.5) is 5.69 Å². The van der Waals surface area contributed by atoms with Gasteiger partial charge in [-0.05, 0) is 19.1 Å². The van der Waals surface area contributed by atoms with Crippen LogP contribution in [-0.2, 0) is 9.53 Å². The summed E-state index contributed by atoms with van der Waals surface area (Å²) in [4.78, 5) is 25.4. The number of carbonyl (C=O) groups is 2. The molecule has 2 rings (SSSR count). The molecule has 0 unspecified atom stereocenters. The van der Waals surface area contributed by atoms with Gasteiger partial charge in [0.2, 0.25) is 5.76 Å². The van der Waals surface area contributed by atoms with Gasteiger partial charge in [-0.1, -0.05) is 23.4 Å². The predicted molar refractivity (Wildman–Crippen MR) is 80.5 cm³/mol. The summed E-state index contributed by atoms with van der Waals surface area (Å²) in [5, 5.41) is 12.3. The number of aromatic nitrogens is 1. The molecule has 0 spiro atoms. The van der Waals surface area contributed by atoms with Crippen LogP contribution in [0.3, 0.4) is 0 Å². The molecule has 118 valence electrons. The lowest BCUT2D eigenvalue weighted by Crippen LogP contribution is -2.35. The number of aryl methyl sites for hydroxylation is 1. The second-order valence-corrected chi connectivity index (χ2v) is 4.70. The topological polar surface area (TPSA) is 96.4 Å². The van der Waals surface area contributed by atoms with Crippen molar-refractivity contribution in [2.45, 2.75) is 13.3 Å². The van der Waals surface area contributed by atoms with Gasteiger partial charge in [-0.15, -0.1) is 0 Å². The Kier molecular flexibility index (Phi) is 5.47. The van der Waals surface area contributed by atoms with Crippen LogP contribution in [0.1, 0.15) is 22.7 Å². The molecule has 1 aromatic heterocycles. The molecule has 0 saturated heterocycles. The first-order valence-electron chi connectivity index (χ1n) is 6.94. The molecular weight excluding hydrogens is 298 g/mol. The fourth-order valence-corrected chi connectivity index (χ4v) is 1.90. The standard InChI is InChI=1S/C16H15N3O4/c1-12-10-14(23-18-12)16(21)22-11-15(20)19(9-5-8-17)13-6-3-2-4-7-13/h2-4,6-7,10H,5,9,11H2,1H3. The van der Waals surface area contributed by atoms with Crippen molar-refractivity contribution in [2.75, 3.05) is 18.1 Å². The van der Waals surface area contributed by atoms with E-state index in [9.17, 15) is 9.59 Å². The molecule has 0 aliphatic carbocycles. The van der Waals surface area contributed by atoms with Crippen molar-refractivity contribution < 1.29 is 18.8 Å². The summed E-state index contributed by atoms with van der Waals surface area (Å²) in [5.74, 6) is -1.23.